The van der Waals surface area contributed by atoms with Gasteiger partial charge in [-0.1, -0.05) is 42.5 Å². The van der Waals surface area contributed by atoms with Crippen molar-refractivity contribution in [3.05, 3.63) is 118 Å². The summed E-state index contributed by atoms with van der Waals surface area (Å²) in [6.45, 7) is 4.37. The standard InChI is InChI=1S/C30H30FN7O2/c1-40-25-11-12-27-23(17-25)18-26(30(39)32-27)28(29-33-34-35-38(29)20-22-7-9-24(31)10-8-22)37-15-13-36(14-16-37)19-21-5-3-2-4-6-21/h2-12,17-18,28H,13-16,19-20H2,1H3,(H,32,39). The minimum absolute atomic E-state index is 0.189. The van der Waals surface area contributed by atoms with Crippen molar-refractivity contribution in [3.63, 3.8) is 0 Å². The van der Waals surface area contributed by atoms with Gasteiger partial charge < -0.3 is 9.72 Å². The number of tetrazole rings is 1. The topological polar surface area (TPSA) is 92.2 Å². The van der Waals surface area contributed by atoms with Crippen LogP contribution in [-0.2, 0) is 13.1 Å². The van der Waals surface area contributed by atoms with E-state index in [1.54, 1.807) is 23.9 Å². The molecule has 0 radical (unpaired) electrons. The first-order valence-corrected chi connectivity index (χ1v) is 13.3. The highest BCUT2D eigenvalue weighted by molar-refractivity contribution is 5.80. The van der Waals surface area contributed by atoms with Crippen molar-refractivity contribution in [3.8, 4) is 5.75 Å². The fraction of sp³-hybridized carbons (Fsp3) is 0.267. The summed E-state index contributed by atoms with van der Waals surface area (Å²) in [5.41, 5.74) is 3.24. The number of pyridine rings is 1. The van der Waals surface area contributed by atoms with Crippen LogP contribution in [0.2, 0.25) is 0 Å². The van der Waals surface area contributed by atoms with E-state index in [-0.39, 0.29) is 11.4 Å². The maximum absolute atomic E-state index is 13.5. The number of aromatic nitrogens is 5. The lowest BCUT2D eigenvalue weighted by atomic mass is 10.0. The van der Waals surface area contributed by atoms with Crippen LogP contribution in [0.1, 0.15) is 28.6 Å². The molecule has 1 saturated heterocycles. The molecule has 1 N–H and O–H groups in total. The van der Waals surface area contributed by atoms with Crippen molar-refractivity contribution in [1.29, 1.82) is 0 Å². The van der Waals surface area contributed by atoms with Crippen LogP contribution < -0.4 is 10.3 Å². The van der Waals surface area contributed by atoms with Gasteiger partial charge in [-0.3, -0.25) is 14.6 Å². The molecule has 6 rings (SSSR count). The molecule has 1 atom stereocenters. The first-order chi connectivity index (χ1) is 19.6. The molecular weight excluding hydrogens is 509 g/mol. The Hall–Kier alpha value is -4.41. The van der Waals surface area contributed by atoms with Crippen LogP contribution in [0.4, 0.5) is 4.39 Å². The highest BCUT2D eigenvalue weighted by Gasteiger charge is 2.32. The molecule has 2 aromatic heterocycles. The van der Waals surface area contributed by atoms with Crippen molar-refractivity contribution in [2.75, 3.05) is 33.3 Å². The van der Waals surface area contributed by atoms with E-state index in [2.05, 4.69) is 54.6 Å². The van der Waals surface area contributed by atoms with Gasteiger partial charge in [-0.15, -0.1) is 5.10 Å². The van der Waals surface area contributed by atoms with Gasteiger partial charge in [0.05, 0.1) is 13.7 Å². The first-order valence-electron chi connectivity index (χ1n) is 13.3. The predicted molar refractivity (Wildman–Crippen MR) is 150 cm³/mol. The first kappa shape index (κ1) is 25.8. The smallest absolute Gasteiger partial charge is 0.253 e. The highest BCUT2D eigenvalue weighted by atomic mass is 19.1. The number of nitrogens with zero attached hydrogens (tertiary/aromatic N) is 6. The van der Waals surface area contributed by atoms with E-state index >= 15 is 0 Å². The van der Waals surface area contributed by atoms with Gasteiger partial charge in [0.25, 0.3) is 5.56 Å². The number of fused-ring (bicyclic) bond motifs is 1. The fourth-order valence-corrected chi connectivity index (χ4v) is 5.33. The average Bonchev–Trinajstić information content (AvgIpc) is 3.43. The quantitative estimate of drug-likeness (QED) is 0.322. The van der Waals surface area contributed by atoms with E-state index in [9.17, 15) is 9.18 Å². The third kappa shape index (κ3) is 5.49. The molecule has 0 aliphatic carbocycles. The van der Waals surface area contributed by atoms with Crippen LogP contribution in [0.25, 0.3) is 10.9 Å². The molecule has 204 valence electrons. The van der Waals surface area contributed by atoms with Crippen LogP contribution in [0, 0.1) is 5.82 Å². The maximum atomic E-state index is 13.5. The Labute approximate surface area is 230 Å². The van der Waals surface area contributed by atoms with Gasteiger partial charge in [-0.05, 0) is 58.0 Å². The minimum Gasteiger partial charge on any atom is -0.497 e. The Morgan fingerprint density at radius 1 is 0.925 bits per heavy atom. The molecule has 40 heavy (non-hydrogen) atoms. The Balaban J connectivity index is 1.35. The number of ether oxygens (including phenoxy) is 1. The molecule has 0 spiro atoms. The lowest BCUT2D eigenvalue weighted by Gasteiger charge is -2.38. The van der Waals surface area contributed by atoms with E-state index in [1.165, 1.54) is 17.7 Å². The van der Waals surface area contributed by atoms with Gasteiger partial charge >= 0.3 is 0 Å². The van der Waals surface area contributed by atoms with E-state index in [1.807, 2.05) is 30.3 Å². The minimum atomic E-state index is -0.478. The van der Waals surface area contributed by atoms with Gasteiger partial charge in [-0.25, -0.2) is 9.07 Å². The molecule has 1 fully saturated rings. The number of halogens is 1. The molecule has 1 unspecified atom stereocenters. The molecule has 0 bridgehead atoms. The van der Waals surface area contributed by atoms with Gasteiger partial charge in [-0.2, -0.15) is 0 Å². The molecule has 5 aromatic rings. The largest absolute Gasteiger partial charge is 0.497 e. The number of benzene rings is 3. The molecule has 0 amide bonds. The van der Waals surface area contributed by atoms with E-state index in [0.29, 0.717) is 23.7 Å². The lowest BCUT2D eigenvalue weighted by molar-refractivity contribution is 0.0998. The summed E-state index contributed by atoms with van der Waals surface area (Å²) < 4.78 is 20.7. The summed E-state index contributed by atoms with van der Waals surface area (Å²) in [7, 11) is 1.62. The summed E-state index contributed by atoms with van der Waals surface area (Å²) in [4.78, 5) is 21.3. The second-order valence-electron chi connectivity index (χ2n) is 10.0. The average molecular weight is 540 g/mol. The summed E-state index contributed by atoms with van der Waals surface area (Å²) in [6, 6.07) is 23.7. The summed E-state index contributed by atoms with van der Waals surface area (Å²) in [5, 5.41) is 13.5. The monoisotopic (exact) mass is 539 g/mol. The van der Waals surface area contributed by atoms with E-state index in [4.69, 9.17) is 4.74 Å². The lowest BCUT2D eigenvalue weighted by Crippen LogP contribution is -2.48. The molecular formula is C30H30FN7O2. The van der Waals surface area contributed by atoms with Crippen molar-refractivity contribution in [2.24, 2.45) is 0 Å². The molecule has 0 saturated carbocycles. The van der Waals surface area contributed by atoms with Crippen molar-refractivity contribution < 1.29 is 9.13 Å². The van der Waals surface area contributed by atoms with Crippen molar-refractivity contribution >= 4 is 10.9 Å². The Morgan fingerprint density at radius 3 is 2.42 bits per heavy atom. The molecule has 1 aliphatic heterocycles. The second kappa shape index (κ2) is 11.4. The Morgan fingerprint density at radius 2 is 1.68 bits per heavy atom. The number of nitrogens with one attached hydrogen (secondary N) is 1. The zero-order valence-electron chi connectivity index (χ0n) is 22.2. The number of hydrogen-bond donors (Lipinski definition) is 1. The SMILES string of the molecule is COc1ccc2[nH]c(=O)c(C(c3nnnn3Cc3ccc(F)cc3)N3CCN(Cc4ccccc4)CC3)cc2c1. The van der Waals surface area contributed by atoms with E-state index < -0.39 is 6.04 Å². The molecule has 1 aliphatic rings. The van der Waals surface area contributed by atoms with Crippen LogP contribution in [0.15, 0.2) is 83.7 Å². The van der Waals surface area contributed by atoms with E-state index in [0.717, 1.165) is 49.2 Å². The summed E-state index contributed by atoms with van der Waals surface area (Å²) >= 11 is 0. The van der Waals surface area contributed by atoms with Crippen molar-refractivity contribution in [1.82, 2.24) is 35.0 Å². The maximum Gasteiger partial charge on any atom is 0.253 e. The number of methoxy groups -OCH3 is 1. The summed E-state index contributed by atoms with van der Waals surface area (Å²) in [5.74, 6) is 0.969. The molecule has 10 heteroatoms. The Bertz CT molecular complexity index is 1640. The van der Waals surface area contributed by atoms with Crippen LogP contribution in [0.5, 0.6) is 5.75 Å². The van der Waals surface area contributed by atoms with Gasteiger partial charge in [0.15, 0.2) is 5.82 Å². The fourth-order valence-electron chi connectivity index (χ4n) is 5.33. The molecule has 3 heterocycles. The predicted octanol–water partition coefficient (Wildman–Crippen LogP) is 3.62. The zero-order valence-corrected chi connectivity index (χ0v) is 22.2. The number of hydrogen-bond acceptors (Lipinski definition) is 7. The highest BCUT2D eigenvalue weighted by Crippen LogP contribution is 2.29. The number of piperazine rings is 1. The third-order valence-electron chi connectivity index (χ3n) is 7.45. The third-order valence-corrected chi connectivity index (χ3v) is 7.45. The van der Waals surface area contributed by atoms with Gasteiger partial charge in [0.2, 0.25) is 0 Å². The Kier molecular flexibility index (Phi) is 7.35. The summed E-state index contributed by atoms with van der Waals surface area (Å²) in [6.07, 6.45) is 0. The van der Waals surface area contributed by atoms with Crippen molar-refractivity contribution in [2.45, 2.75) is 19.1 Å². The second-order valence-corrected chi connectivity index (χ2v) is 10.0. The van der Waals surface area contributed by atoms with Crippen LogP contribution in [0.3, 0.4) is 0 Å². The molecule has 3 aromatic carbocycles. The van der Waals surface area contributed by atoms with Crippen LogP contribution in [-0.4, -0.2) is 68.3 Å². The van der Waals surface area contributed by atoms with Gasteiger partial charge in [0.1, 0.15) is 17.6 Å². The van der Waals surface area contributed by atoms with Gasteiger partial charge in [0, 0.05) is 49.2 Å². The number of aromatic amines is 1. The normalized spacial score (nSPS) is 15.3. The number of rotatable bonds is 8. The zero-order chi connectivity index (χ0) is 27.5. The number of H-pyrrole nitrogens is 1. The van der Waals surface area contributed by atoms with Crippen LogP contribution >= 0.6 is 0 Å². The molecule has 9 nitrogen and oxygen atoms in total.